The van der Waals surface area contributed by atoms with Gasteiger partial charge in [-0.25, -0.2) is 4.98 Å². The van der Waals surface area contributed by atoms with Crippen LogP contribution in [-0.2, 0) is 6.54 Å². The first-order valence-electron chi connectivity index (χ1n) is 7.67. The van der Waals surface area contributed by atoms with Crippen molar-refractivity contribution in [1.82, 2.24) is 14.5 Å². The van der Waals surface area contributed by atoms with Crippen molar-refractivity contribution in [1.29, 1.82) is 0 Å². The Kier molecular flexibility index (Phi) is 3.75. The van der Waals surface area contributed by atoms with Crippen LogP contribution in [0.25, 0.3) is 22.2 Å². The molecular formula is C19H16ClN3O. The molecule has 0 bridgehead atoms. The van der Waals surface area contributed by atoms with Crippen molar-refractivity contribution in [3.8, 4) is 17.0 Å². The molecule has 4 aromatic rings. The van der Waals surface area contributed by atoms with Crippen molar-refractivity contribution in [2.75, 3.05) is 7.11 Å². The van der Waals surface area contributed by atoms with Gasteiger partial charge in [0, 0.05) is 28.2 Å². The van der Waals surface area contributed by atoms with Crippen LogP contribution in [0.5, 0.6) is 5.75 Å². The molecule has 0 aliphatic rings. The summed E-state index contributed by atoms with van der Waals surface area (Å²) in [6.07, 6.45) is 3.75. The molecule has 0 amide bonds. The Balaban J connectivity index is 1.82. The van der Waals surface area contributed by atoms with E-state index in [1.165, 1.54) is 0 Å². The molecule has 0 radical (unpaired) electrons. The number of benzene rings is 2. The number of hydrogen-bond donors (Lipinski definition) is 1. The number of aromatic amines is 1. The van der Waals surface area contributed by atoms with E-state index in [0.717, 1.165) is 33.5 Å². The van der Waals surface area contributed by atoms with E-state index in [1.54, 1.807) is 13.4 Å². The smallest absolute Gasteiger partial charge is 0.155 e. The normalized spacial score (nSPS) is 11.1. The maximum atomic E-state index is 6.40. The average molecular weight is 338 g/mol. The molecule has 0 aliphatic carbocycles. The first kappa shape index (κ1) is 14.8. The van der Waals surface area contributed by atoms with Gasteiger partial charge in [0.2, 0.25) is 0 Å². The molecule has 0 aliphatic heterocycles. The zero-order chi connectivity index (χ0) is 16.5. The summed E-state index contributed by atoms with van der Waals surface area (Å²) in [6, 6.07) is 16.1. The minimum atomic E-state index is 0.495. The molecule has 2 heterocycles. The number of methoxy groups -OCH3 is 1. The number of halogens is 1. The summed E-state index contributed by atoms with van der Waals surface area (Å²) in [7, 11) is 1.68. The lowest BCUT2D eigenvalue weighted by Gasteiger charge is -2.11. The average Bonchev–Trinajstić information content (AvgIpc) is 3.19. The SMILES string of the molecule is COc1ccccc1Cn1cnc(Cl)c1-c1c[nH]c2ccccc12. The van der Waals surface area contributed by atoms with Crippen LogP contribution in [0.2, 0.25) is 5.15 Å². The molecule has 4 nitrogen and oxygen atoms in total. The number of hydrogen-bond acceptors (Lipinski definition) is 2. The number of para-hydroxylation sites is 2. The molecule has 4 rings (SSSR count). The number of H-pyrrole nitrogens is 1. The van der Waals surface area contributed by atoms with Gasteiger partial charge in [-0.3, -0.25) is 0 Å². The topological polar surface area (TPSA) is 42.8 Å². The molecule has 24 heavy (non-hydrogen) atoms. The number of nitrogens with one attached hydrogen (secondary N) is 1. The predicted molar refractivity (Wildman–Crippen MR) is 96.6 cm³/mol. The summed E-state index contributed by atoms with van der Waals surface area (Å²) in [6.45, 7) is 0.637. The van der Waals surface area contributed by atoms with Crippen LogP contribution in [0.4, 0.5) is 0 Å². The van der Waals surface area contributed by atoms with Gasteiger partial charge >= 0.3 is 0 Å². The largest absolute Gasteiger partial charge is 0.496 e. The second kappa shape index (κ2) is 6.06. The number of imidazole rings is 1. The quantitative estimate of drug-likeness (QED) is 0.584. The first-order chi connectivity index (χ1) is 11.8. The molecule has 5 heteroatoms. The van der Waals surface area contributed by atoms with Crippen LogP contribution in [0.3, 0.4) is 0 Å². The van der Waals surface area contributed by atoms with Gasteiger partial charge < -0.3 is 14.3 Å². The summed E-state index contributed by atoms with van der Waals surface area (Å²) < 4.78 is 7.50. The first-order valence-corrected chi connectivity index (χ1v) is 8.04. The van der Waals surface area contributed by atoms with Crippen molar-refractivity contribution in [2.45, 2.75) is 6.54 Å². The van der Waals surface area contributed by atoms with Crippen molar-refractivity contribution in [2.24, 2.45) is 0 Å². The Morgan fingerprint density at radius 1 is 1.12 bits per heavy atom. The lowest BCUT2D eigenvalue weighted by molar-refractivity contribution is 0.408. The van der Waals surface area contributed by atoms with Gasteiger partial charge in [0.05, 0.1) is 25.7 Å². The summed E-state index contributed by atoms with van der Waals surface area (Å²) in [5.41, 5.74) is 4.10. The predicted octanol–water partition coefficient (Wildman–Crippen LogP) is 4.74. The van der Waals surface area contributed by atoms with E-state index in [4.69, 9.17) is 16.3 Å². The van der Waals surface area contributed by atoms with E-state index in [2.05, 4.69) is 20.6 Å². The van der Waals surface area contributed by atoms with Crippen LogP contribution in [0, 0.1) is 0 Å². The molecular weight excluding hydrogens is 322 g/mol. The molecule has 2 aromatic heterocycles. The molecule has 120 valence electrons. The highest BCUT2D eigenvalue weighted by Gasteiger charge is 2.16. The maximum Gasteiger partial charge on any atom is 0.155 e. The Morgan fingerprint density at radius 2 is 1.92 bits per heavy atom. The number of ether oxygens (including phenoxy) is 1. The molecule has 0 atom stereocenters. The van der Waals surface area contributed by atoms with E-state index >= 15 is 0 Å². The fourth-order valence-electron chi connectivity index (χ4n) is 3.03. The summed E-state index contributed by atoms with van der Waals surface area (Å²) in [4.78, 5) is 7.60. The Morgan fingerprint density at radius 3 is 2.79 bits per heavy atom. The lowest BCUT2D eigenvalue weighted by atomic mass is 10.1. The van der Waals surface area contributed by atoms with Gasteiger partial charge in [-0.1, -0.05) is 48.0 Å². The Hall–Kier alpha value is -2.72. The molecule has 1 N–H and O–H groups in total. The number of rotatable bonds is 4. The standard InChI is InChI=1S/C19H16ClN3O/c1-24-17-9-5-2-6-13(17)11-23-12-22-19(20)18(23)15-10-21-16-8-4-3-7-14(15)16/h2-10,12,21H,11H2,1H3. The van der Waals surface area contributed by atoms with Crippen LogP contribution in [-0.4, -0.2) is 21.6 Å². The van der Waals surface area contributed by atoms with Crippen molar-refractivity contribution in [3.05, 3.63) is 71.8 Å². The van der Waals surface area contributed by atoms with Crippen molar-refractivity contribution in [3.63, 3.8) is 0 Å². The second-order valence-corrected chi connectivity index (χ2v) is 5.93. The van der Waals surface area contributed by atoms with Gasteiger partial charge in [-0.15, -0.1) is 0 Å². The van der Waals surface area contributed by atoms with Crippen molar-refractivity contribution < 1.29 is 4.74 Å². The summed E-state index contributed by atoms with van der Waals surface area (Å²) in [5.74, 6) is 0.854. The highest BCUT2D eigenvalue weighted by atomic mass is 35.5. The molecule has 0 saturated carbocycles. The monoisotopic (exact) mass is 337 g/mol. The number of aromatic nitrogens is 3. The summed E-state index contributed by atoms with van der Waals surface area (Å²) in [5, 5.41) is 1.62. The highest BCUT2D eigenvalue weighted by molar-refractivity contribution is 6.32. The number of fused-ring (bicyclic) bond motifs is 1. The fraction of sp³-hybridized carbons (Fsp3) is 0.105. The van der Waals surface area contributed by atoms with Crippen molar-refractivity contribution >= 4 is 22.5 Å². The van der Waals surface area contributed by atoms with Gasteiger partial charge in [-0.05, 0) is 12.1 Å². The highest BCUT2D eigenvalue weighted by Crippen LogP contribution is 2.34. The third-order valence-corrected chi connectivity index (χ3v) is 4.45. The van der Waals surface area contributed by atoms with Gasteiger partial charge in [0.1, 0.15) is 5.75 Å². The zero-order valence-electron chi connectivity index (χ0n) is 13.2. The third-order valence-electron chi connectivity index (χ3n) is 4.17. The van der Waals surface area contributed by atoms with E-state index < -0.39 is 0 Å². The van der Waals surface area contributed by atoms with Gasteiger partial charge in [0.15, 0.2) is 5.15 Å². The van der Waals surface area contributed by atoms with Crippen LogP contribution in [0.15, 0.2) is 61.1 Å². The van der Waals surface area contributed by atoms with Gasteiger partial charge in [0.25, 0.3) is 0 Å². The van der Waals surface area contributed by atoms with E-state index in [1.807, 2.05) is 48.7 Å². The van der Waals surface area contributed by atoms with E-state index in [9.17, 15) is 0 Å². The zero-order valence-corrected chi connectivity index (χ0v) is 13.9. The van der Waals surface area contributed by atoms with E-state index in [-0.39, 0.29) is 0 Å². The number of nitrogens with zero attached hydrogens (tertiary/aromatic N) is 2. The minimum absolute atomic E-state index is 0.495. The Labute approximate surface area is 144 Å². The third kappa shape index (κ3) is 2.45. The second-order valence-electron chi connectivity index (χ2n) is 5.57. The molecule has 2 aromatic carbocycles. The Bertz CT molecular complexity index is 1000. The molecule has 0 fully saturated rings. The van der Waals surface area contributed by atoms with Crippen LogP contribution < -0.4 is 4.74 Å². The molecule has 0 spiro atoms. The lowest BCUT2D eigenvalue weighted by Crippen LogP contribution is -2.02. The molecule has 0 unspecified atom stereocenters. The van der Waals surface area contributed by atoms with E-state index in [0.29, 0.717) is 11.7 Å². The fourth-order valence-corrected chi connectivity index (χ4v) is 3.28. The maximum absolute atomic E-state index is 6.40. The minimum Gasteiger partial charge on any atom is -0.496 e. The summed E-state index contributed by atoms with van der Waals surface area (Å²) >= 11 is 6.40. The molecule has 0 saturated heterocycles. The van der Waals surface area contributed by atoms with Crippen LogP contribution in [0.1, 0.15) is 5.56 Å². The van der Waals surface area contributed by atoms with Crippen LogP contribution >= 0.6 is 11.6 Å². The van der Waals surface area contributed by atoms with Gasteiger partial charge in [-0.2, -0.15) is 0 Å².